The first-order chi connectivity index (χ1) is 9.06. The van der Waals surface area contributed by atoms with Crippen molar-refractivity contribution < 1.29 is 19.4 Å². The number of para-hydroxylation sites is 2. The molecule has 1 N–H and O–H groups in total. The number of hydrogen-bond acceptors (Lipinski definition) is 3. The lowest BCUT2D eigenvalue weighted by Crippen LogP contribution is -2.22. The number of ether oxygens (including phenoxy) is 2. The molecule has 4 heteroatoms. The number of carbonyl (C=O) groups is 1. The van der Waals surface area contributed by atoms with Gasteiger partial charge >= 0.3 is 5.97 Å². The van der Waals surface area contributed by atoms with Gasteiger partial charge in [-0.25, -0.2) is 0 Å². The molecule has 0 saturated heterocycles. The molecular formula is C15H22O4. The minimum Gasteiger partial charge on any atom is -0.490 e. The summed E-state index contributed by atoms with van der Waals surface area (Å²) in [6.07, 6.45) is 0.494. The highest BCUT2D eigenvalue weighted by atomic mass is 16.5. The summed E-state index contributed by atoms with van der Waals surface area (Å²) in [6.45, 7) is 6.68. The zero-order valence-corrected chi connectivity index (χ0v) is 11.8. The predicted molar refractivity (Wildman–Crippen MR) is 73.7 cm³/mol. The molecule has 1 atom stereocenters. The molecule has 1 aromatic carbocycles. The van der Waals surface area contributed by atoms with Crippen molar-refractivity contribution in [1.29, 1.82) is 0 Å². The number of aliphatic carboxylic acids is 1. The molecule has 106 valence electrons. The van der Waals surface area contributed by atoms with Crippen LogP contribution in [-0.4, -0.2) is 24.3 Å². The average molecular weight is 266 g/mol. The van der Waals surface area contributed by atoms with Gasteiger partial charge in [0.15, 0.2) is 11.5 Å². The van der Waals surface area contributed by atoms with Gasteiger partial charge in [0.25, 0.3) is 0 Å². The van der Waals surface area contributed by atoms with Crippen LogP contribution in [0.3, 0.4) is 0 Å². The van der Waals surface area contributed by atoms with Crippen molar-refractivity contribution >= 4 is 5.97 Å². The van der Waals surface area contributed by atoms with E-state index in [1.807, 2.05) is 45.0 Å². The summed E-state index contributed by atoms with van der Waals surface area (Å²) in [6, 6.07) is 7.42. The molecule has 1 rings (SSSR count). The molecule has 1 aromatic rings. The lowest BCUT2D eigenvalue weighted by molar-refractivity contribution is -0.143. The monoisotopic (exact) mass is 266 g/mol. The number of rotatable bonds is 8. The van der Waals surface area contributed by atoms with E-state index in [1.54, 1.807) is 0 Å². The summed E-state index contributed by atoms with van der Waals surface area (Å²) < 4.78 is 11.1. The quantitative estimate of drug-likeness (QED) is 0.785. The van der Waals surface area contributed by atoms with Crippen molar-refractivity contribution in [2.24, 2.45) is 11.8 Å². The van der Waals surface area contributed by atoms with Crippen LogP contribution in [0.1, 0.15) is 27.2 Å². The first-order valence-electron chi connectivity index (χ1n) is 6.63. The Morgan fingerprint density at radius 2 is 1.79 bits per heavy atom. The first-order valence-corrected chi connectivity index (χ1v) is 6.63. The van der Waals surface area contributed by atoms with Crippen molar-refractivity contribution in [2.75, 3.05) is 13.2 Å². The molecule has 0 aromatic heterocycles. The zero-order chi connectivity index (χ0) is 14.3. The summed E-state index contributed by atoms with van der Waals surface area (Å²) >= 11 is 0. The Balaban J connectivity index is 2.55. The molecule has 19 heavy (non-hydrogen) atoms. The maximum atomic E-state index is 11.1. The van der Waals surface area contributed by atoms with Gasteiger partial charge in [0.2, 0.25) is 0 Å². The van der Waals surface area contributed by atoms with E-state index in [0.717, 1.165) is 0 Å². The minimum atomic E-state index is -0.767. The third-order valence-electron chi connectivity index (χ3n) is 2.96. The van der Waals surface area contributed by atoms with Crippen LogP contribution in [0.4, 0.5) is 0 Å². The molecule has 0 fully saturated rings. The van der Waals surface area contributed by atoms with Crippen molar-refractivity contribution in [3.05, 3.63) is 24.3 Å². The molecule has 4 nitrogen and oxygen atoms in total. The molecule has 0 saturated carbocycles. The van der Waals surface area contributed by atoms with Gasteiger partial charge in [-0.2, -0.15) is 0 Å². The second-order valence-corrected chi connectivity index (χ2v) is 4.71. The summed E-state index contributed by atoms with van der Waals surface area (Å²) in [5.41, 5.74) is 0. The van der Waals surface area contributed by atoms with Gasteiger partial charge in [-0.05, 0) is 31.4 Å². The van der Waals surface area contributed by atoms with Crippen LogP contribution in [0, 0.1) is 11.8 Å². The van der Waals surface area contributed by atoms with Crippen LogP contribution in [0.15, 0.2) is 24.3 Å². The van der Waals surface area contributed by atoms with E-state index in [9.17, 15) is 4.79 Å². The highest BCUT2D eigenvalue weighted by Gasteiger charge is 2.21. The van der Waals surface area contributed by atoms with Gasteiger partial charge in [0.05, 0.1) is 19.1 Å². The van der Waals surface area contributed by atoms with Crippen molar-refractivity contribution in [2.45, 2.75) is 27.2 Å². The van der Waals surface area contributed by atoms with E-state index in [-0.39, 0.29) is 11.8 Å². The fraction of sp³-hybridized carbons (Fsp3) is 0.533. The molecule has 0 aliphatic rings. The fourth-order valence-corrected chi connectivity index (χ4v) is 1.88. The van der Waals surface area contributed by atoms with Gasteiger partial charge in [-0.15, -0.1) is 0 Å². The van der Waals surface area contributed by atoms with Crippen molar-refractivity contribution in [3.8, 4) is 11.5 Å². The van der Waals surface area contributed by atoms with E-state index in [0.29, 0.717) is 31.1 Å². The van der Waals surface area contributed by atoms with Gasteiger partial charge in [0.1, 0.15) is 0 Å². The molecule has 0 amide bonds. The van der Waals surface area contributed by atoms with E-state index < -0.39 is 5.97 Å². The third-order valence-corrected chi connectivity index (χ3v) is 2.96. The Bertz CT molecular complexity index is 401. The van der Waals surface area contributed by atoms with E-state index in [1.165, 1.54) is 0 Å². The summed E-state index contributed by atoms with van der Waals surface area (Å²) in [4.78, 5) is 11.1. The Morgan fingerprint density at radius 1 is 1.21 bits per heavy atom. The Labute approximate surface area is 114 Å². The number of hydrogen-bond donors (Lipinski definition) is 1. The predicted octanol–water partition coefficient (Wildman–Crippen LogP) is 3.21. The van der Waals surface area contributed by atoms with Crippen molar-refractivity contribution in [3.63, 3.8) is 0 Å². The molecule has 0 aliphatic heterocycles. The van der Waals surface area contributed by atoms with Gasteiger partial charge in [-0.1, -0.05) is 26.0 Å². The maximum absolute atomic E-state index is 11.1. The normalized spacial score (nSPS) is 12.2. The molecule has 0 radical (unpaired) electrons. The molecular weight excluding hydrogens is 244 g/mol. The topological polar surface area (TPSA) is 55.8 Å². The SMILES string of the molecule is CCOc1ccccc1OCCC(C(=O)O)C(C)C. The average Bonchev–Trinajstić information content (AvgIpc) is 2.35. The lowest BCUT2D eigenvalue weighted by atomic mass is 9.93. The highest BCUT2D eigenvalue weighted by molar-refractivity contribution is 5.70. The molecule has 0 heterocycles. The summed E-state index contributed by atoms with van der Waals surface area (Å²) in [5.74, 6) is 0.317. The van der Waals surface area contributed by atoms with Crippen LogP contribution < -0.4 is 9.47 Å². The molecule has 0 spiro atoms. The van der Waals surface area contributed by atoms with Gasteiger partial charge in [-0.3, -0.25) is 4.79 Å². The second kappa shape index (κ2) is 7.67. The van der Waals surface area contributed by atoms with E-state index in [4.69, 9.17) is 14.6 Å². The van der Waals surface area contributed by atoms with E-state index >= 15 is 0 Å². The Hall–Kier alpha value is -1.71. The summed E-state index contributed by atoms with van der Waals surface area (Å²) in [5, 5.41) is 9.10. The van der Waals surface area contributed by atoms with Crippen LogP contribution in [0.5, 0.6) is 11.5 Å². The van der Waals surface area contributed by atoms with E-state index in [2.05, 4.69) is 0 Å². The van der Waals surface area contributed by atoms with Crippen LogP contribution >= 0.6 is 0 Å². The minimum absolute atomic E-state index is 0.100. The largest absolute Gasteiger partial charge is 0.490 e. The molecule has 1 unspecified atom stereocenters. The standard InChI is InChI=1S/C15H22O4/c1-4-18-13-7-5-6-8-14(13)19-10-9-12(11(2)3)15(16)17/h5-8,11-12H,4,9-10H2,1-3H3,(H,16,17). The smallest absolute Gasteiger partial charge is 0.306 e. The number of benzene rings is 1. The second-order valence-electron chi connectivity index (χ2n) is 4.71. The maximum Gasteiger partial charge on any atom is 0.306 e. The van der Waals surface area contributed by atoms with Gasteiger partial charge in [0, 0.05) is 0 Å². The van der Waals surface area contributed by atoms with Crippen LogP contribution in [-0.2, 0) is 4.79 Å². The van der Waals surface area contributed by atoms with Crippen LogP contribution in [0.2, 0.25) is 0 Å². The third kappa shape index (κ3) is 4.81. The number of carboxylic acids is 1. The highest BCUT2D eigenvalue weighted by Crippen LogP contribution is 2.27. The molecule has 0 bridgehead atoms. The fourth-order valence-electron chi connectivity index (χ4n) is 1.88. The number of carboxylic acid groups (broad SMARTS) is 1. The lowest BCUT2D eigenvalue weighted by Gasteiger charge is -2.17. The van der Waals surface area contributed by atoms with Gasteiger partial charge < -0.3 is 14.6 Å². The van der Waals surface area contributed by atoms with Crippen molar-refractivity contribution in [1.82, 2.24) is 0 Å². The molecule has 0 aliphatic carbocycles. The zero-order valence-electron chi connectivity index (χ0n) is 11.8. The first kappa shape index (κ1) is 15.3. The Kier molecular flexibility index (Phi) is 6.19. The summed E-state index contributed by atoms with van der Waals surface area (Å²) in [7, 11) is 0. The van der Waals surface area contributed by atoms with Crippen LogP contribution in [0.25, 0.3) is 0 Å². The Morgan fingerprint density at radius 3 is 2.26 bits per heavy atom.